The summed E-state index contributed by atoms with van der Waals surface area (Å²) in [4.78, 5) is 4.26. The van der Waals surface area contributed by atoms with E-state index in [1.54, 1.807) is 0 Å². The maximum Gasteiger partial charge on any atom is 0.394 e. The summed E-state index contributed by atoms with van der Waals surface area (Å²) in [6, 6.07) is 0. The topological polar surface area (TPSA) is 92.4 Å². The fourth-order valence-electron chi connectivity index (χ4n) is 3.12. The van der Waals surface area contributed by atoms with Crippen molar-refractivity contribution in [2.24, 2.45) is 0 Å². The zero-order valence-electron chi connectivity index (χ0n) is 17.3. The molecule has 0 atom stereocenters. The van der Waals surface area contributed by atoms with Crippen LogP contribution in [0.5, 0.6) is 0 Å². The summed E-state index contributed by atoms with van der Waals surface area (Å²) in [6.07, 6.45) is 24.0. The first kappa shape index (κ1) is 26.1. The number of aryl methyl sites for hydroxylation is 2. The number of unbranched alkanes of at least 4 members (excludes halogenated alkanes) is 13. The van der Waals surface area contributed by atoms with Crippen LogP contribution in [0.4, 0.5) is 0 Å². The summed E-state index contributed by atoms with van der Waals surface area (Å²) in [5.41, 5.74) is 0. The average Bonchev–Trinajstić information content (AvgIpc) is 2.99. The Balaban J connectivity index is 0.00000119. The van der Waals surface area contributed by atoms with E-state index in [0.717, 1.165) is 12.4 Å². The van der Waals surface area contributed by atoms with Crippen molar-refractivity contribution in [3.05, 3.63) is 18.2 Å². The molecule has 0 aliphatic rings. The van der Waals surface area contributed by atoms with Crippen LogP contribution in [-0.2, 0) is 16.9 Å². The Kier molecular flexibility index (Phi) is 16.6. The summed E-state index contributed by atoms with van der Waals surface area (Å²) in [7, 11) is -4.67. The SMILES string of the molecule is CCCCCCCCCCCCCCCCn1ccnc1C.O=S(=O)(O)O. The summed E-state index contributed by atoms with van der Waals surface area (Å²) in [5, 5.41) is 0. The molecule has 1 aromatic rings. The van der Waals surface area contributed by atoms with Crippen molar-refractivity contribution in [3.8, 4) is 0 Å². The standard InChI is InChI=1S/C20H38N2.H2O4S/c1-3-4-5-6-7-8-9-10-11-12-13-14-15-16-18-22-19-17-21-20(22)2;1-5(2,3)4/h17,19H,3-16,18H2,1-2H3;(H2,1,2,3,4). The van der Waals surface area contributed by atoms with E-state index in [0.29, 0.717) is 0 Å². The molecule has 0 aliphatic carbocycles. The first-order chi connectivity index (χ1) is 12.8. The number of nitrogens with zero attached hydrogens (tertiary/aromatic N) is 2. The molecule has 0 aliphatic heterocycles. The highest BCUT2D eigenvalue weighted by molar-refractivity contribution is 7.79. The number of imidazole rings is 1. The van der Waals surface area contributed by atoms with E-state index >= 15 is 0 Å². The molecule has 1 aromatic heterocycles. The summed E-state index contributed by atoms with van der Waals surface area (Å²) in [5.74, 6) is 1.15. The predicted molar refractivity (Wildman–Crippen MR) is 111 cm³/mol. The summed E-state index contributed by atoms with van der Waals surface area (Å²) >= 11 is 0. The third-order valence-electron chi connectivity index (χ3n) is 4.68. The number of rotatable bonds is 15. The van der Waals surface area contributed by atoms with Crippen LogP contribution in [0.25, 0.3) is 0 Å². The lowest BCUT2D eigenvalue weighted by Gasteiger charge is -2.05. The van der Waals surface area contributed by atoms with Gasteiger partial charge in [0.15, 0.2) is 0 Å². The quantitative estimate of drug-likeness (QED) is 0.275. The van der Waals surface area contributed by atoms with E-state index in [1.165, 1.54) is 89.9 Å². The zero-order chi connectivity index (χ0) is 20.4. The van der Waals surface area contributed by atoms with Gasteiger partial charge in [-0.1, -0.05) is 90.4 Å². The number of aromatic nitrogens is 2. The molecule has 27 heavy (non-hydrogen) atoms. The van der Waals surface area contributed by atoms with Gasteiger partial charge in [-0.05, 0) is 13.3 Å². The van der Waals surface area contributed by atoms with Crippen molar-refractivity contribution in [2.75, 3.05) is 0 Å². The number of hydrogen-bond acceptors (Lipinski definition) is 3. The molecule has 7 heteroatoms. The second-order valence-corrected chi connectivity index (χ2v) is 8.11. The first-order valence-electron chi connectivity index (χ1n) is 10.5. The molecule has 0 saturated carbocycles. The van der Waals surface area contributed by atoms with Crippen molar-refractivity contribution in [2.45, 2.75) is 110 Å². The van der Waals surface area contributed by atoms with Gasteiger partial charge in [-0.15, -0.1) is 0 Å². The second-order valence-electron chi connectivity index (χ2n) is 7.21. The Hall–Kier alpha value is -0.920. The van der Waals surface area contributed by atoms with Gasteiger partial charge in [0.1, 0.15) is 5.82 Å². The Morgan fingerprint density at radius 3 is 1.52 bits per heavy atom. The minimum Gasteiger partial charge on any atom is -0.335 e. The van der Waals surface area contributed by atoms with Crippen LogP contribution in [0.3, 0.4) is 0 Å². The van der Waals surface area contributed by atoms with Crippen LogP contribution in [0.2, 0.25) is 0 Å². The molecule has 0 fully saturated rings. The molecule has 0 unspecified atom stereocenters. The normalized spacial score (nSPS) is 11.3. The highest BCUT2D eigenvalue weighted by Crippen LogP contribution is 2.13. The van der Waals surface area contributed by atoms with E-state index in [1.807, 2.05) is 6.20 Å². The maximum atomic E-state index is 8.74. The molecule has 0 spiro atoms. The van der Waals surface area contributed by atoms with Gasteiger partial charge in [-0.3, -0.25) is 9.11 Å². The lowest BCUT2D eigenvalue weighted by molar-refractivity contribution is 0.381. The van der Waals surface area contributed by atoms with Gasteiger partial charge in [-0.25, -0.2) is 4.98 Å². The number of hydrogen-bond donors (Lipinski definition) is 2. The minimum absolute atomic E-state index is 1.14. The second kappa shape index (κ2) is 17.2. The van der Waals surface area contributed by atoms with Crippen molar-refractivity contribution in [1.82, 2.24) is 9.55 Å². The molecule has 2 N–H and O–H groups in total. The van der Waals surface area contributed by atoms with E-state index in [2.05, 4.69) is 29.6 Å². The molecular weight excluding hydrogens is 364 g/mol. The first-order valence-corrected chi connectivity index (χ1v) is 11.9. The molecule has 0 saturated heterocycles. The highest BCUT2D eigenvalue weighted by Gasteiger charge is 1.97. The van der Waals surface area contributed by atoms with Gasteiger partial charge < -0.3 is 4.57 Å². The Morgan fingerprint density at radius 2 is 1.19 bits per heavy atom. The van der Waals surface area contributed by atoms with Gasteiger partial charge in [0, 0.05) is 18.9 Å². The Morgan fingerprint density at radius 1 is 0.815 bits per heavy atom. The van der Waals surface area contributed by atoms with Gasteiger partial charge in [0.25, 0.3) is 0 Å². The fourth-order valence-corrected chi connectivity index (χ4v) is 3.12. The van der Waals surface area contributed by atoms with E-state index in [-0.39, 0.29) is 0 Å². The van der Waals surface area contributed by atoms with Crippen LogP contribution in [0, 0.1) is 6.92 Å². The average molecular weight is 405 g/mol. The van der Waals surface area contributed by atoms with Gasteiger partial charge in [0.2, 0.25) is 0 Å². The molecule has 1 heterocycles. The van der Waals surface area contributed by atoms with Crippen LogP contribution >= 0.6 is 0 Å². The van der Waals surface area contributed by atoms with Crippen molar-refractivity contribution in [1.29, 1.82) is 0 Å². The lowest BCUT2D eigenvalue weighted by Crippen LogP contribution is -1.98. The van der Waals surface area contributed by atoms with E-state index < -0.39 is 10.4 Å². The Bertz CT molecular complexity index is 536. The molecule has 6 nitrogen and oxygen atoms in total. The van der Waals surface area contributed by atoms with Gasteiger partial charge in [-0.2, -0.15) is 8.42 Å². The molecule has 0 aromatic carbocycles. The lowest BCUT2D eigenvalue weighted by atomic mass is 10.0. The summed E-state index contributed by atoms with van der Waals surface area (Å²) < 4.78 is 33.8. The summed E-state index contributed by atoms with van der Waals surface area (Å²) in [6.45, 7) is 5.52. The molecule has 0 radical (unpaired) electrons. The smallest absolute Gasteiger partial charge is 0.335 e. The molecule has 0 bridgehead atoms. The fraction of sp³-hybridized carbons (Fsp3) is 0.850. The largest absolute Gasteiger partial charge is 0.394 e. The Labute approximate surface area is 166 Å². The zero-order valence-corrected chi connectivity index (χ0v) is 18.1. The predicted octanol–water partition coefficient (Wildman–Crippen LogP) is 6.02. The van der Waals surface area contributed by atoms with Gasteiger partial charge >= 0.3 is 10.4 Å². The molecule has 160 valence electrons. The molecular formula is C20H40N2O4S. The third kappa shape index (κ3) is 21.2. The van der Waals surface area contributed by atoms with Crippen LogP contribution in [-0.4, -0.2) is 27.1 Å². The highest BCUT2D eigenvalue weighted by atomic mass is 32.3. The van der Waals surface area contributed by atoms with Crippen molar-refractivity contribution >= 4 is 10.4 Å². The monoisotopic (exact) mass is 404 g/mol. The van der Waals surface area contributed by atoms with E-state index in [9.17, 15) is 0 Å². The van der Waals surface area contributed by atoms with Crippen LogP contribution in [0.15, 0.2) is 12.4 Å². The molecule has 0 amide bonds. The van der Waals surface area contributed by atoms with Gasteiger partial charge in [0.05, 0.1) is 0 Å². The van der Waals surface area contributed by atoms with Crippen LogP contribution in [0.1, 0.15) is 103 Å². The van der Waals surface area contributed by atoms with Crippen molar-refractivity contribution in [3.63, 3.8) is 0 Å². The minimum atomic E-state index is -4.67. The third-order valence-corrected chi connectivity index (χ3v) is 4.68. The van der Waals surface area contributed by atoms with Crippen molar-refractivity contribution < 1.29 is 17.5 Å². The molecule has 1 rings (SSSR count). The maximum absolute atomic E-state index is 8.74. The van der Waals surface area contributed by atoms with E-state index in [4.69, 9.17) is 17.5 Å². The van der Waals surface area contributed by atoms with Crippen LogP contribution < -0.4 is 0 Å².